The minimum Gasteiger partial charge on any atom is -0.350 e. The van der Waals surface area contributed by atoms with E-state index in [9.17, 15) is 18.0 Å². The minimum atomic E-state index is -4.28. The molecule has 0 aromatic carbocycles. The fourth-order valence-electron chi connectivity index (χ4n) is 1.68. The molecule has 0 unspecified atom stereocenters. The van der Waals surface area contributed by atoms with Crippen molar-refractivity contribution in [3.8, 4) is 0 Å². The van der Waals surface area contributed by atoms with Gasteiger partial charge in [0.2, 0.25) is 5.91 Å². The second-order valence-electron chi connectivity index (χ2n) is 4.42. The van der Waals surface area contributed by atoms with Gasteiger partial charge < -0.3 is 9.88 Å². The smallest absolute Gasteiger partial charge is 0.350 e. The zero-order valence-electron chi connectivity index (χ0n) is 9.70. The number of hydrogen-bond donors (Lipinski definition) is 1. The lowest BCUT2D eigenvalue weighted by Crippen LogP contribution is -2.25. The fourth-order valence-corrected chi connectivity index (χ4v) is 1.68. The molecule has 0 saturated heterocycles. The quantitative estimate of drug-likeness (QED) is 0.883. The molecule has 1 heterocycles. The molecule has 4 nitrogen and oxygen atoms in total. The zero-order valence-corrected chi connectivity index (χ0v) is 9.70. The Morgan fingerprint density at radius 2 is 2.22 bits per heavy atom. The molecule has 100 valence electrons. The molecule has 0 aliphatic heterocycles. The van der Waals surface area contributed by atoms with Gasteiger partial charge in [-0.1, -0.05) is 0 Å². The highest BCUT2D eigenvalue weighted by molar-refractivity contribution is 5.75. The maximum absolute atomic E-state index is 11.9. The van der Waals surface area contributed by atoms with Crippen molar-refractivity contribution in [3.63, 3.8) is 0 Å². The number of aromatic nitrogens is 2. The van der Waals surface area contributed by atoms with Crippen molar-refractivity contribution < 1.29 is 18.0 Å². The van der Waals surface area contributed by atoms with Crippen molar-refractivity contribution >= 4 is 5.91 Å². The first kappa shape index (κ1) is 12.9. The largest absolute Gasteiger partial charge is 0.389 e. The number of nitrogens with one attached hydrogen (secondary N) is 1. The van der Waals surface area contributed by atoms with Crippen LogP contribution in [0.1, 0.15) is 37.4 Å². The fraction of sp³-hybridized carbons (Fsp3) is 0.636. The van der Waals surface area contributed by atoms with Crippen LogP contribution in [-0.4, -0.2) is 21.6 Å². The number of hydrogen-bond acceptors (Lipinski definition) is 2. The van der Waals surface area contributed by atoms with Gasteiger partial charge in [-0.2, -0.15) is 13.2 Å². The van der Waals surface area contributed by atoms with Crippen LogP contribution in [-0.2, 0) is 11.3 Å². The molecular weight excluding hydrogens is 247 g/mol. The predicted molar refractivity (Wildman–Crippen MR) is 57.6 cm³/mol. The molecule has 1 aromatic heterocycles. The topological polar surface area (TPSA) is 46.9 Å². The lowest BCUT2D eigenvalue weighted by atomic mass is 10.3. The Balaban J connectivity index is 1.77. The summed E-state index contributed by atoms with van der Waals surface area (Å²) in [6.07, 6.45) is -0.400. The van der Waals surface area contributed by atoms with Crippen molar-refractivity contribution in [2.75, 3.05) is 0 Å². The van der Waals surface area contributed by atoms with Gasteiger partial charge in [-0.05, 0) is 12.8 Å². The Morgan fingerprint density at radius 3 is 2.83 bits per heavy atom. The second kappa shape index (κ2) is 4.99. The average Bonchev–Trinajstić information content (AvgIpc) is 3.02. The molecule has 0 atom stereocenters. The Labute approximate surface area is 102 Å². The summed E-state index contributed by atoms with van der Waals surface area (Å²) in [6.45, 7) is 0.229. The van der Waals surface area contributed by atoms with Crippen LogP contribution in [0.2, 0.25) is 0 Å². The molecule has 2 rings (SSSR count). The van der Waals surface area contributed by atoms with Gasteiger partial charge in [0, 0.05) is 18.7 Å². The lowest BCUT2D eigenvalue weighted by molar-refractivity contribution is -0.144. The molecule has 1 saturated carbocycles. The van der Waals surface area contributed by atoms with E-state index in [4.69, 9.17) is 0 Å². The van der Waals surface area contributed by atoms with Gasteiger partial charge in [0.05, 0.1) is 25.0 Å². The Bertz CT molecular complexity index is 423. The first-order chi connectivity index (χ1) is 8.46. The highest BCUT2D eigenvalue weighted by Gasteiger charge is 2.28. The van der Waals surface area contributed by atoms with E-state index < -0.39 is 24.9 Å². The molecule has 0 spiro atoms. The molecule has 0 radical (unpaired) electrons. The summed E-state index contributed by atoms with van der Waals surface area (Å²) in [4.78, 5) is 15.2. The predicted octanol–water partition coefficient (Wildman–Crippen LogP) is 2.18. The number of halogens is 3. The van der Waals surface area contributed by atoms with E-state index in [1.807, 2.05) is 4.57 Å². The molecule has 1 fully saturated rings. The molecule has 1 amide bonds. The van der Waals surface area contributed by atoms with Crippen molar-refractivity contribution in [1.82, 2.24) is 14.9 Å². The summed E-state index contributed by atoms with van der Waals surface area (Å²) >= 11 is 0. The van der Waals surface area contributed by atoms with E-state index in [2.05, 4.69) is 10.3 Å². The zero-order chi connectivity index (χ0) is 13.2. The second-order valence-corrected chi connectivity index (χ2v) is 4.42. The van der Waals surface area contributed by atoms with Crippen LogP contribution in [0.5, 0.6) is 0 Å². The standard InChI is InChI=1S/C11H14F3N3O/c12-11(13,14)4-3-10(18)16-6-9-5-15-7-17(9)8-1-2-8/h5,7-8H,1-4,6H2,(H,16,18). The van der Waals surface area contributed by atoms with E-state index in [-0.39, 0.29) is 6.54 Å². The van der Waals surface area contributed by atoms with Gasteiger partial charge in [-0.15, -0.1) is 0 Å². The first-order valence-electron chi connectivity index (χ1n) is 5.80. The molecule has 1 N–H and O–H groups in total. The van der Waals surface area contributed by atoms with Gasteiger partial charge in [0.1, 0.15) is 0 Å². The van der Waals surface area contributed by atoms with E-state index >= 15 is 0 Å². The average molecular weight is 261 g/mol. The Hall–Kier alpha value is -1.53. The SMILES string of the molecule is O=C(CCC(F)(F)F)NCc1cncn1C1CC1. The highest BCUT2D eigenvalue weighted by Crippen LogP contribution is 2.35. The molecule has 0 bridgehead atoms. The molecule has 18 heavy (non-hydrogen) atoms. The van der Waals surface area contributed by atoms with Crippen LogP contribution >= 0.6 is 0 Å². The van der Waals surface area contributed by atoms with Gasteiger partial charge in [-0.25, -0.2) is 4.98 Å². The lowest BCUT2D eigenvalue weighted by Gasteiger charge is -2.09. The summed E-state index contributed by atoms with van der Waals surface area (Å²) < 4.78 is 37.7. The minimum absolute atomic E-state index is 0.229. The number of amides is 1. The van der Waals surface area contributed by atoms with Gasteiger partial charge >= 0.3 is 6.18 Å². The van der Waals surface area contributed by atoms with Gasteiger partial charge in [0.25, 0.3) is 0 Å². The molecule has 1 aliphatic carbocycles. The van der Waals surface area contributed by atoms with Crippen LogP contribution in [0.3, 0.4) is 0 Å². The Kier molecular flexibility index (Phi) is 3.58. The number of alkyl halides is 3. The maximum Gasteiger partial charge on any atom is 0.389 e. The highest BCUT2D eigenvalue weighted by atomic mass is 19.4. The molecule has 1 aromatic rings. The summed E-state index contributed by atoms with van der Waals surface area (Å²) in [7, 11) is 0. The number of carbonyl (C=O) groups excluding carboxylic acids is 1. The van der Waals surface area contributed by atoms with Gasteiger partial charge in [0.15, 0.2) is 0 Å². The number of rotatable bonds is 5. The maximum atomic E-state index is 11.9. The third kappa shape index (κ3) is 3.75. The van der Waals surface area contributed by atoms with Crippen LogP contribution in [0.4, 0.5) is 13.2 Å². The van der Waals surface area contributed by atoms with E-state index in [0.717, 1.165) is 18.5 Å². The van der Waals surface area contributed by atoms with Crippen molar-refractivity contribution in [2.45, 2.75) is 44.4 Å². The summed E-state index contributed by atoms with van der Waals surface area (Å²) in [5.74, 6) is -0.587. The normalized spacial score (nSPS) is 15.7. The Morgan fingerprint density at radius 1 is 1.50 bits per heavy atom. The number of carbonyl (C=O) groups is 1. The first-order valence-corrected chi connectivity index (χ1v) is 5.80. The summed E-state index contributed by atoms with van der Waals surface area (Å²) in [5.41, 5.74) is 0.831. The van der Waals surface area contributed by atoms with E-state index in [0.29, 0.717) is 6.04 Å². The van der Waals surface area contributed by atoms with E-state index in [1.165, 1.54) is 0 Å². The number of imidazole rings is 1. The van der Waals surface area contributed by atoms with Crippen LogP contribution < -0.4 is 5.32 Å². The molecule has 1 aliphatic rings. The monoisotopic (exact) mass is 261 g/mol. The van der Waals surface area contributed by atoms with Gasteiger partial charge in [-0.3, -0.25) is 4.79 Å². The van der Waals surface area contributed by atoms with Crippen molar-refractivity contribution in [3.05, 3.63) is 18.2 Å². The third-order valence-corrected chi connectivity index (χ3v) is 2.79. The molecular formula is C11H14F3N3O. The molecule has 7 heteroatoms. The third-order valence-electron chi connectivity index (χ3n) is 2.79. The van der Waals surface area contributed by atoms with Crippen molar-refractivity contribution in [1.29, 1.82) is 0 Å². The van der Waals surface area contributed by atoms with E-state index in [1.54, 1.807) is 12.5 Å². The van der Waals surface area contributed by atoms with Crippen LogP contribution in [0, 0.1) is 0 Å². The summed E-state index contributed by atoms with van der Waals surface area (Å²) in [5, 5.41) is 2.48. The van der Waals surface area contributed by atoms with Crippen LogP contribution in [0.25, 0.3) is 0 Å². The summed E-state index contributed by atoms with van der Waals surface area (Å²) in [6, 6.07) is 0.439. The van der Waals surface area contributed by atoms with Crippen LogP contribution in [0.15, 0.2) is 12.5 Å². The van der Waals surface area contributed by atoms with Crippen molar-refractivity contribution in [2.24, 2.45) is 0 Å². The number of nitrogens with zero attached hydrogens (tertiary/aromatic N) is 2.